The third-order valence-corrected chi connectivity index (χ3v) is 6.42. The zero-order valence-corrected chi connectivity index (χ0v) is 20.0. The average molecular weight is 528 g/mol. The number of fused-ring (bicyclic) bond motifs is 1. The van der Waals surface area contributed by atoms with Gasteiger partial charge in [0.2, 0.25) is 0 Å². The number of nitrogens with zero attached hydrogens (tertiary/aromatic N) is 5. The van der Waals surface area contributed by atoms with Gasteiger partial charge in [-0.3, -0.25) is 9.25 Å². The van der Waals surface area contributed by atoms with Crippen molar-refractivity contribution in [2.45, 2.75) is 25.1 Å². The summed E-state index contributed by atoms with van der Waals surface area (Å²) in [6, 6.07) is 11.7. The zero-order chi connectivity index (χ0) is 26.9. The van der Waals surface area contributed by atoms with Gasteiger partial charge in [-0.05, 0) is 48.7 Å². The Labute approximate surface area is 214 Å². The second-order valence-corrected chi connectivity index (χ2v) is 9.00. The van der Waals surface area contributed by atoms with Gasteiger partial charge in [-0.1, -0.05) is 12.1 Å². The van der Waals surface area contributed by atoms with Crippen LogP contribution in [0.5, 0.6) is 0 Å². The highest BCUT2D eigenvalue weighted by molar-refractivity contribution is 5.90. The Hall–Kier alpha value is -4.55. The third-order valence-electron chi connectivity index (χ3n) is 6.42. The smallest absolute Gasteiger partial charge is 0.407 e. The lowest BCUT2D eigenvalue weighted by Gasteiger charge is -2.30. The van der Waals surface area contributed by atoms with E-state index in [9.17, 15) is 22.8 Å². The minimum atomic E-state index is -4.49. The molecule has 0 unspecified atom stereocenters. The number of hydrogen-bond donors (Lipinski definition) is 3. The number of aromatic nitrogens is 4. The number of piperidine rings is 1. The quantitative estimate of drug-likeness (QED) is 0.342. The number of amides is 3. The van der Waals surface area contributed by atoms with Crippen molar-refractivity contribution in [3.8, 4) is 16.8 Å². The molecule has 0 aliphatic carbocycles. The Morgan fingerprint density at radius 3 is 2.61 bits per heavy atom. The molecule has 3 amide bonds. The molecule has 5 rings (SSSR count). The maximum Gasteiger partial charge on any atom is 0.407 e. The number of urea groups is 1. The van der Waals surface area contributed by atoms with Gasteiger partial charge < -0.3 is 20.6 Å². The molecular weight excluding hydrogens is 503 g/mol. The molecule has 3 N–H and O–H groups in total. The number of hydrogen-bond acceptors (Lipinski definition) is 4. The van der Waals surface area contributed by atoms with E-state index in [-0.39, 0.29) is 6.04 Å². The van der Waals surface area contributed by atoms with E-state index in [1.54, 1.807) is 42.1 Å². The summed E-state index contributed by atoms with van der Waals surface area (Å²) in [6.45, 7) is -0.461. The van der Waals surface area contributed by atoms with E-state index in [1.165, 1.54) is 4.90 Å². The number of imidazole rings is 1. The summed E-state index contributed by atoms with van der Waals surface area (Å²) in [5, 5.41) is 17.8. The number of rotatable bonds is 5. The summed E-state index contributed by atoms with van der Waals surface area (Å²) >= 11 is 0. The standard InChI is InChI=1S/C25H24F3N7O3/c26-25(27,28)14-29-23(36)32-18-2-1-3-20(11-18)34-15-30-21-10-16(4-5-22(21)34)17-12-31-35(13-17)19-6-8-33(9-7-19)24(37)38/h1-5,10-13,15,19H,6-9,14H2,(H,37,38)(H2,29,32,36). The van der Waals surface area contributed by atoms with Crippen LogP contribution >= 0.6 is 0 Å². The molecule has 198 valence electrons. The number of likely N-dealkylation sites (tertiary alicyclic amines) is 1. The summed E-state index contributed by atoms with van der Waals surface area (Å²) < 4.78 is 40.7. The van der Waals surface area contributed by atoms with Crippen molar-refractivity contribution < 1.29 is 27.9 Å². The minimum Gasteiger partial charge on any atom is -0.465 e. The Kier molecular flexibility index (Phi) is 6.66. The lowest BCUT2D eigenvalue weighted by atomic mass is 10.1. The first-order valence-corrected chi connectivity index (χ1v) is 11.9. The summed E-state index contributed by atoms with van der Waals surface area (Å²) in [4.78, 5) is 28.9. The van der Waals surface area contributed by atoms with Gasteiger partial charge in [0.05, 0.1) is 23.3 Å². The summed E-state index contributed by atoms with van der Waals surface area (Å²) in [5.74, 6) is 0. The van der Waals surface area contributed by atoms with Gasteiger partial charge in [-0.25, -0.2) is 14.6 Å². The molecule has 38 heavy (non-hydrogen) atoms. The number of carboxylic acid groups (broad SMARTS) is 1. The fourth-order valence-corrected chi connectivity index (χ4v) is 4.50. The number of carbonyl (C=O) groups excluding carboxylic acids is 1. The highest BCUT2D eigenvalue weighted by atomic mass is 19.4. The monoisotopic (exact) mass is 527 g/mol. The van der Waals surface area contributed by atoms with Gasteiger partial charge >= 0.3 is 18.3 Å². The van der Waals surface area contributed by atoms with Crippen LogP contribution in [0.1, 0.15) is 18.9 Å². The molecular formula is C25H24F3N7O3. The van der Waals surface area contributed by atoms with Gasteiger partial charge in [0.1, 0.15) is 12.9 Å². The van der Waals surface area contributed by atoms with E-state index >= 15 is 0 Å². The molecule has 0 bridgehead atoms. The molecule has 10 nitrogen and oxygen atoms in total. The van der Waals surface area contributed by atoms with Crippen molar-refractivity contribution in [3.05, 3.63) is 61.2 Å². The summed E-state index contributed by atoms with van der Waals surface area (Å²) in [5.41, 5.74) is 4.38. The lowest BCUT2D eigenvalue weighted by Crippen LogP contribution is -2.38. The highest BCUT2D eigenvalue weighted by Gasteiger charge is 2.27. The second kappa shape index (κ2) is 10.1. The molecule has 0 radical (unpaired) electrons. The van der Waals surface area contributed by atoms with Crippen LogP contribution in [0.3, 0.4) is 0 Å². The third kappa shape index (κ3) is 5.56. The average Bonchev–Trinajstić information content (AvgIpc) is 3.55. The molecule has 1 fully saturated rings. The maximum atomic E-state index is 12.3. The molecule has 3 heterocycles. The van der Waals surface area contributed by atoms with Crippen LogP contribution in [0.15, 0.2) is 61.2 Å². The molecule has 1 aliphatic heterocycles. The first kappa shape index (κ1) is 25.1. The molecule has 2 aromatic carbocycles. The van der Waals surface area contributed by atoms with E-state index in [4.69, 9.17) is 5.11 Å². The van der Waals surface area contributed by atoms with Crippen molar-refractivity contribution in [2.24, 2.45) is 0 Å². The van der Waals surface area contributed by atoms with Crippen LogP contribution in [0.25, 0.3) is 27.8 Å². The normalized spacial score (nSPS) is 14.6. The Balaban J connectivity index is 1.30. The first-order chi connectivity index (χ1) is 18.2. The van der Waals surface area contributed by atoms with Crippen LogP contribution < -0.4 is 10.6 Å². The number of anilines is 1. The minimum absolute atomic E-state index is 0.138. The fraction of sp³-hybridized carbons (Fsp3) is 0.280. The Morgan fingerprint density at radius 2 is 1.87 bits per heavy atom. The van der Waals surface area contributed by atoms with Crippen molar-refractivity contribution in [1.29, 1.82) is 0 Å². The van der Waals surface area contributed by atoms with Gasteiger partial charge in [0, 0.05) is 36.2 Å². The highest BCUT2D eigenvalue weighted by Crippen LogP contribution is 2.28. The number of nitrogens with one attached hydrogen (secondary N) is 2. The van der Waals surface area contributed by atoms with Crippen LogP contribution in [-0.2, 0) is 0 Å². The van der Waals surface area contributed by atoms with Gasteiger partial charge in [0.25, 0.3) is 0 Å². The maximum absolute atomic E-state index is 12.3. The SMILES string of the molecule is O=C(NCC(F)(F)F)Nc1cccc(-n2cnc3cc(-c4cnn(C5CCN(C(=O)O)CC5)c4)ccc32)c1. The topological polar surface area (TPSA) is 117 Å². The predicted octanol–water partition coefficient (Wildman–Crippen LogP) is 4.89. The van der Waals surface area contributed by atoms with Crippen LogP contribution in [0, 0.1) is 0 Å². The zero-order valence-electron chi connectivity index (χ0n) is 20.0. The van der Waals surface area contributed by atoms with Crippen molar-refractivity contribution in [1.82, 2.24) is 29.5 Å². The van der Waals surface area contributed by atoms with Crippen LogP contribution in [0.2, 0.25) is 0 Å². The van der Waals surface area contributed by atoms with E-state index in [0.717, 1.165) is 22.2 Å². The van der Waals surface area contributed by atoms with Gasteiger partial charge in [-0.2, -0.15) is 18.3 Å². The molecule has 1 saturated heterocycles. The lowest BCUT2D eigenvalue weighted by molar-refractivity contribution is -0.122. The van der Waals surface area contributed by atoms with Crippen molar-refractivity contribution in [3.63, 3.8) is 0 Å². The molecule has 0 spiro atoms. The fourth-order valence-electron chi connectivity index (χ4n) is 4.50. The molecule has 13 heteroatoms. The van der Waals surface area contributed by atoms with Gasteiger partial charge in [-0.15, -0.1) is 0 Å². The van der Waals surface area contributed by atoms with E-state index in [0.29, 0.717) is 37.3 Å². The number of carbonyl (C=O) groups is 2. The second-order valence-electron chi connectivity index (χ2n) is 9.00. The molecule has 4 aromatic rings. The largest absolute Gasteiger partial charge is 0.465 e. The Bertz CT molecular complexity index is 1470. The molecule has 2 aromatic heterocycles. The van der Waals surface area contributed by atoms with Crippen LogP contribution in [-0.4, -0.2) is 67.3 Å². The van der Waals surface area contributed by atoms with E-state index < -0.39 is 24.8 Å². The molecule has 1 aliphatic rings. The van der Waals surface area contributed by atoms with Crippen LogP contribution in [0.4, 0.5) is 28.4 Å². The van der Waals surface area contributed by atoms with Crippen molar-refractivity contribution >= 4 is 28.8 Å². The number of benzene rings is 2. The Morgan fingerprint density at radius 1 is 1.08 bits per heavy atom. The number of halogens is 3. The predicted molar refractivity (Wildman–Crippen MR) is 133 cm³/mol. The van der Waals surface area contributed by atoms with Gasteiger partial charge in [0.15, 0.2) is 0 Å². The summed E-state index contributed by atoms with van der Waals surface area (Å²) in [7, 11) is 0. The first-order valence-electron chi connectivity index (χ1n) is 11.9. The molecule has 0 atom stereocenters. The molecule has 0 saturated carbocycles. The summed E-state index contributed by atoms with van der Waals surface area (Å²) in [6.07, 6.45) is 1.39. The van der Waals surface area contributed by atoms with E-state index in [1.807, 2.05) is 33.6 Å². The number of alkyl halides is 3. The van der Waals surface area contributed by atoms with E-state index in [2.05, 4.69) is 15.4 Å². The van der Waals surface area contributed by atoms with Crippen molar-refractivity contribution in [2.75, 3.05) is 25.0 Å².